The van der Waals surface area contributed by atoms with Crippen molar-refractivity contribution in [1.29, 1.82) is 0 Å². The van der Waals surface area contributed by atoms with E-state index in [4.69, 9.17) is 9.73 Å². The van der Waals surface area contributed by atoms with Crippen molar-refractivity contribution in [2.24, 2.45) is 4.99 Å². The van der Waals surface area contributed by atoms with Crippen LogP contribution < -0.4 is 10.6 Å². The molecular weight excluding hydrogens is 481 g/mol. The van der Waals surface area contributed by atoms with E-state index in [1.807, 2.05) is 20.8 Å². The normalized spacial score (nSPS) is 18.7. The van der Waals surface area contributed by atoms with E-state index < -0.39 is 5.60 Å². The number of nitrogens with zero attached hydrogens (tertiary/aromatic N) is 3. The Hall–Kier alpha value is -0.770. The van der Waals surface area contributed by atoms with Gasteiger partial charge in [-0.1, -0.05) is 6.92 Å². The molecule has 0 spiro atoms. The maximum Gasteiger partial charge on any atom is 0.410 e. The van der Waals surface area contributed by atoms with Gasteiger partial charge in [0, 0.05) is 44.8 Å². The molecule has 2 aliphatic rings. The molecular formula is C21H42IN5O2. The van der Waals surface area contributed by atoms with E-state index in [0.717, 1.165) is 25.0 Å². The van der Waals surface area contributed by atoms with E-state index in [0.29, 0.717) is 25.7 Å². The summed E-state index contributed by atoms with van der Waals surface area (Å²) < 4.78 is 5.52. The van der Waals surface area contributed by atoms with Gasteiger partial charge in [0.25, 0.3) is 0 Å². The van der Waals surface area contributed by atoms with Crippen molar-refractivity contribution in [3.8, 4) is 0 Å². The van der Waals surface area contributed by atoms with Crippen LogP contribution in [0, 0.1) is 0 Å². The first-order chi connectivity index (χ1) is 13.3. The highest BCUT2D eigenvalue weighted by Crippen LogP contribution is 2.29. The van der Waals surface area contributed by atoms with Gasteiger partial charge in [-0.15, -0.1) is 24.0 Å². The topological polar surface area (TPSA) is 69.2 Å². The van der Waals surface area contributed by atoms with Gasteiger partial charge in [-0.05, 0) is 59.8 Å². The molecule has 2 rings (SSSR count). The third kappa shape index (κ3) is 10.2. The maximum absolute atomic E-state index is 12.4. The molecule has 1 saturated carbocycles. The number of aliphatic imine (C=N–C) groups is 1. The van der Waals surface area contributed by atoms with Crippen molar-refractivity contribution >= 4 is 36.0 Å². The Morgan fingerprint density at radius 3 is 2.31 bits per heavy atom. The van der Waals surface area contributed by atoms with Crippen LogP contribution >= 0.6 is 24.0 Å². The zero-order valence-corrected chi connectivity index (χ0v) is 21.3. The highest BCUT2D eigenvalue weighted by Gasteiger charge is 2.31. The van der Waals surface area contributed by atoms with Crippen LogP contribution in [0.2, 0.25) is 0 Å². The van der Waals surface area contributed by atoms with Crippen LogP contribution in [0.1, 0.15) is 66.7 Å². The van der Waals surface area contributed by atoms with Gasteiger partial charge in [0.2, 0.25) is 0 Å². The Kier molecular flexibility index (Phi) is 11.6. The molecule has 0 bridgehead atoms. The fraction of sp³-hybridized carbons (Fsp3) is 0.905. The number of ether oxygens (including phenoxy) is 1. The molecule has 0 radical (unpaired) electrons. The molecule has 2 fully saturated rings. The molecule has 7 nitrogen and oxygen atoms in total. The predicted octanol–water partition coefficient (Wildman–Crippen LogP) is 3.43. The van der Waals surface area contributed by atoms with Crippen LogP contribution in [0.15, 0.2) is 4.99 Å². The van der Waals surface area contributed by atoms with Crippen LogP contribution in [-0.4, -0.2) is 78.8 Å². The van der Waals surface area contributed by atoms with E-state index in [1.54, 1.807) is 4.90 Å². The van der Waals surface area contributed by atoms with E-state index >= 15 is 0 Å². The van der Waals surface area contributed by atoms with Crippen LogP contribution in [0.4, 0.5) is 4.79 Å². The fourth-order valence-corrected chi connectivity index (χ4v) is 3.54. The average molecular weight is 524 g/mol. The van der Waals surface area contributed by atoms with Gasteiger partial charge in [0.1, 0.15) is 5.60 Å². The summed E-state index contributed by atoms with van der Waals surface area (Å²) in [6.07, 6.45) is 5.75. The molecule has 0 atom stereocenters. The number of piperidine rings is 1. The van der Waals surface area contributed by atoms with Crippen molar-refractivity contribution in [3.05, 3.63) is 0 Å². The first-order valence-corrected chi connectivity index (χ1v) is 11.1. The molecule has 1 aliphatic carbocycles. The Morgan fingerprint density at radius 2 is 1.79 bits per heavy atom. The van der Waals surface area contributed by atoms with Gasteiger partial charge in [-0.25, -0.2) is 4.79 Å². The summed E-state index contributed by atoms with van der Waals surface area (Å²) in [6, 6.07) is 1.34. The summed E-state index contributed by atoms with van der Waals surface area (Å²) in [4.78, 5) is 21.5. The Morgan fingerprint density at radius 1 is 1.14 bits per heavy atom. The fourth-order valence-electron chi connectivity index (χ4n) is 3.54. The molecule has 1 heterocycles. The first-order valence-electron chi connectivity index (χ1n) is 11.1. The third-order valence-corrected chi connectivity index (χ3v) is 5.06. The molecule has 0 aromatic carbocycles. The van der Waals surface area contributed by atoms with Crippen molar-refractivity contribution in [2.75, 3.05) is 39.3 Å². The molecule has 1 saturated heterocycles. The summed E-state index contributed by atoms with van der Waals surface area (Å²) in [5.41, 5.74) is -0.474. The minimum Gasteiger partial charge on any atom is -0.444 e. The number of likely N-dealkylation sites (tertiary alicyclic amines) is 1. The summed E-state index contributed by atoms with van der Waals surface area (Å²) >= 11 is 0. The molecule has 170 valence electrons. The summed E-state index contributed by atoms with van der Waals surface area (Å²) in [5.74, 6) is 0.855. The van der Waals surface area contributed by atoms with E-state index in [9.17, 15) is 4.79 Å². The van der Waals surface area contributed by atoms with Crippen LogP contribution in [-0.2, 0) is 4.74 Å². The summed E-state index contributed by atoms with van der Waals surface area (Å²) in [7, 11) is 0. The standard InChI is InChI=1S/C21H41N5O2.HI/c1-6-13-26(20(27)28-21(3,4)5)16-12-23-19(22-7-2)24-17-10-14-25(15-11-17)18-8-9-18;/h17-18H,6-16H2,1-5H3,(H2,22,23,24);1H. The minimum absolute atomic E-state index is 0. The van der Waals surface area contributed by atoms with Gasteiger partial charge >= 0.3 is 6.09 Å². The number of carbonyl (C=O) groups excluding carboxylic acids is 1. The molecule has 0 unspecified atom stereocenters. The molecule has 0 aromatic rings. The maximum atomic E-state index is 12.4. The first kappa shape index (κ1) is 26.3. The minimum atomic E-state index is -0.474. The lowest BCUT2D eigenvalue weighted by Gasteiger charge is -2.33. The lowest BCUT2D eigenvalue weighted by Crippen LogP contribution is -2.49. The number of hydrogen-bond acceptors (Lipinski definition) is 4. The second-order valence-electron chi connectivity index (χ2n) is 8.91. The number of amides is 1. The SMILES string of the molecule is CCCN(CCN=C(NCC)NC1CCN(C2CC2)CC1)C(=O)OC(C)(C)C.I. The van der Waals surface area contributed by atoms with E-state index in [-0.39, 0.29) is 30.1 Å². The third-order valence-electron chi connectivity index (χ3n) is 5.06. The van der Waals surface area contributed by atoms with Crippen LogP contribution in [0.25, 0.3) is 0 Å². The lowest BCUT2D eigenvalue weighted by molar-refractivity contribution is 0.0256. The van der Waals surface area contributed by atoms with Crippen molar-refractivity contribution in [3.63, 3.8) is 0 Å². The van der Waals surface area contributed by atoms with Crippen LogP contribution in [0.3, 0.4) is 0 Å². The van der Waals surface area contributed by atoms with E-state index in [2.05, 4.69) is 29.4 Å². The number of guanidine groups is 1. The largest absolute Gasteiger partial charge is 0.444 e. The van der Waals surface area contributed by atoms with Crippen LogP contribution in [0.5, 0.6) is 0 Å². The highest BCUT2D eigenvalue weighted by atomic mass is 127. The molecule has 1 aliphatic heterocycles. The number of carbonyl (C=O) groups is 1. The molecule has 1 amide bonds. The average Bonchev–Trinajstić information content (AvgIpc) is 3.45. The number of nitrogens with one attached hydrogen (secondary N) is 2. The summed E-state index contributed by atoms with van der Waals surface area (Å²) in [5, 5.41) is 6.93. The lowest BCUT2D eigenvalue weighted by atomic mass is 10.1. The second-order valence-corrected chi connectivity index (χ2v) is 8.91. The summed E-state index contributed by atoms with van der Waals surface area (Å²) in [6.45, 7) is 14.9. The quantitative estimate of drug-likeness (QED) is 0.290. The zero-order valence-electron chi connectivity index (χ0n) is 19.0. The van der Waals surface area contributed by atoms with Gasteiger partial charge in [0.15, 0.2) is 5.96 Å². The number of halogens is 1. The van der Waals surface area contributed by atoms with Crippen molar-refractivity contribution < 1.29 is 9.53 Å². The smallest absolute Gasteiger partial charge is 0.410 e. The Balaban J connectivity index is 0.00000420. The zero-order chi connectivity index (χ0) is 20.6. The van der Waals surface area contributed by atoms with Gasteiger partial charge in [-0.3, -0.25) is 4.99 Å². The molecule has 8 heteroatoms. The monoisotopic (exact) mass is 523 g/mol. The van der Waals surface area contributed by atoms with Gasteiger partial charge < -0.3 is 25.2 Å². The van der Waals surface area contributed by atoms with E-state index in [1.165, 1.54) is 38.8 Å². The second kappa shape index (κ2) is 12.8. The Labute approximate surface area is 194 Å². The molecule has 0 aromatic heterocycles. The number of hydrogen-bond donors (Lipinski definition) is 2. The Bertz CT molecular complexity index is 512. The highest BCUT2D eigenvalue weighted by molar-refractivity contribution is 14.0. The molecule has 2 N–H and O–H groups in total. The predicted molar refractivity (Wildman–Crippen MR) is 130 cm³/mol. The van der Waals surface area contributed by atoms with Gasteiger partial charge in [-0.2, -0.15) is 0 Å². The van der Waals surface area contributed by atoms with Gasteiger partial charge in [0.05, 0.1) is 6.54 Å². The van der Waals surface area contributed by atoms with Crippen molar-refractivity contribution in [1.82, 2.24) is 20.4 Å². The van der Waals surface area contributed by atoms with Crippen molar-refractivity contribution in [2.45, 2.75) is 84.4 Å². The number of rotatable bonds is 8. The molecule has 29 heavy (non-hydrogen) atoms.